The highest BCUT2D eigenvalue weighted by molar-refractivity contribution is 9.10. The van der Waals surface area contributed by atoms with Gasteiger partial charge in [0, 0.05) is 16.1 Å². The summed E-state index contributed by atoms with van der Waals surface area (Å²) in [5.74, 6) is -1.07. The number of ether oxygens (including phenoxy) is 1. The molecule has 0 spiro atoms. The predicted molar refractivity (Wildman–Crippen MR) is 95.0 cm³/mol. The average Bonchev–Trinajstić information content (AvgIpc) is 2.87. The zero-order valence-corrected chi connectivity index (χ0v) is 15.4. The fraction of sp³-hybridized carbons (Fsp3) is 0.0769. The Kier molecular flexibility index (Phi) is 6.23. The fourth-order valence-corrected chi connectivity index (χ4v) is 2.99. The lowest BCUT2D eigenvalue weighted by Gasteiger charge is -2.01. The molecule has 10 heteroatoms. The molecule has 1 aliphatic rings. The van der Waals surface area contributed by atoms with Gasteiger partial charge in [0.15, 0.2) is 5.17 Å². The van der Waals surface area contributed by atoms with Gasteiger partial charge in [-0.2, -0.15) is 5.10 Å². The van der Waals surface area contributed by atoms with Crippen LogP contribution in [0.4, 0.5) is 0 Å². The molecule has 1 aromatic carbocycles. The first kappa shape index (κ1) is 18.0. The van der Waals surface area contributed by atoms with Crippen LogP contribution in [0.5, 0.6) is 0 Å². The number of amidine groups is 1. The van der Waals surface area contributed by atoms with Gasteiger partial charge in [-0.1, -0.05) is 29.3 Å². The Balaban J connectivity index is 2.13. The highest BCUT2D eigenvalue weighted by atomic mass is 79.9. The van der Waals surface area contributed by atoms with Gasteiger partial charge in [0.05, 0.1) is 28.3 Å². The third kappa shape index (κ3) is 4.57. The second kappa shape index (κ2) is 7.96. The summed E-state index contributed by atoms with van der Waals surface area (Å²) in [6.45, 7) is 0. The van der Waals surface area contributed by atoms with E-state index in [4.69, 9.17) is 23.2 Å². The van der Waals surface area contributed by atoms with Crippen molar-refractivity contribution in [3.8, 4) is 0 Å². The molecule has 1 aromatic rings. The highest BCUT2D eigenvalue weighted by Gasteiger charge is 2.25. The minimum Gasteiger partial charge on any atom is -0.466 e. The van der Waals surface area contributed by atoms with Gasteiger partial charge in [0.1, 0.15) is 0 Å². The summed E-state index contributed by atoms with van der Waals surface area (Å²) in [4.78, 5) is 22.9. The van der Waals surface area contributed by atoms with Gasteiger partial charge in [-0.3, -0.25) is 10.1 Å². The van der Waals surface area contributed by atoms with Crippen LogP contribution < -0.4 is 5.32 Å². The van der Waals surface area contributed by atoms with Crippen molar-refractivity contribution >= 4 is 74.2 Å². The number of esters is 1. The monoisotopic (exact) mass is 435 g/mol. The van der Waals surface area contributed by atoms with E-state index in [0.29, 0.717) is 20.1 Å². The molecule has 0 radical (unpaired) electrons. The van der Waals surface area contributed by atoms with E-state index in [1.165, 1.54) is 13.3 Å². The molecule has 1 saturated heterocycles. The van der Waals surface area contributed by atoms with Crippen LogP contribution in [0.3, 0.4) is 0 Å². The van der Waals surface area contributed by atoms with Crippen LogP contribution in [0.25, 0.3) is 0 Å². The van der Waals surface area contributed by atoms with Crippen molar-refractivity contribution in [1.29, 1.82) is 0 Å². The quantitative estimate of drug-likeness (QED) is 0.259. The van der Waals surface area contributed by atoms with E-state index in [-0.39, 0.29) is 10.1 Å². The third-order valence-corrected chi connectivity index (χ3v) is 5.20. The zero-order valence-electron chi connectivity index (χ0n) is 11.5. The maximum Gasteiger partial charge on any atom is 0.331 e. The lowest BCUT2D eigenvalue weighted by molar-refractivity contribution is -0.135. The van der Waals surface area contributed by atoms with Crippen LogP contribution in [0, 0.1) is 0 Å². The molecule has 2 rings (SSSR count). The van der Waals surface area contributed by atoms with Gasteiger partial charge >= 0.3 is 5.97 Å². The molecule has 0 aromatic heterocycles. The molecule has 0 bridgehead atoms. The van der Waals surface area contributed by atoms with Crippen molar-refractivity contribution < 1.29 is 14.3 Å². The van der Waals surface area contributed by atoms with Gasteiger partial charge < -0.3 is 4.74 Å². The predicted octanol–water partition coefficient (Wildman–Crippen LogP) is 3.37. The summed E-state index contributed by atoms with van der Waals surface area (Å²) in [5, 5.41) is 11.1. The number of halogens is 3. The van der Waals surface area contributed by atoms with Crippen molar-refractivity contribution in [2.45, 2.75) is 0 Å². The number of benzene rings is 1. The molecule has 0 aliphatic carbocycles. The Labute approximate surface area is 154 Å². The van der Waals surface area contributed by atoms with E-state index >= 15 is 0 Å². The molecule has 1 heterocycles. The van der Waals surface area contributed by atoms with Gasteiger partial charge in [-0.15, -0.1) is 5.10 Å². The second-order valence-electron chi connectivity index (χ2n) is 4.00. The first-order valence-corrected chi connectivity index (χ1v) is 8.32. The SMILES string of the molecule is COC(=O)/C=C1/S/C(=N\N=Cc2ccc(Br)c(Cl)c2Cl)NC1=O. The summed E-state index contributed by atoms with van der Waals surface area (Å²) in [6, 6.07) is 3.44. The van der Waals surface area contributed by atoms with Gasteiger partial charge in [-0.25, -0.2) is 4.79 Å². The summed E-state index contributed by atoms with van der Waals surface area (Å²) < 4.78 is 5.13. The average molecular weight is 437 g/mol. The topological polar surface area (TPSA) is 80.1 Å². The van der Waals surface area contributed by atoms with E-state index in [1.54, 1.807) is 12.1 Å². The Bertz CT molecular complexity index is 765. The molecule has 1 fully saturated rings. The van der Waals surface area contributed by atoms with Gasteiger partial charge in [0.25, 0.3) is 5.91 Å². The Hall–Kier alpha value is -1.35. The Morgan fingerprint density at radius 1 is 1.39 bits per heavy atom. The van der Waals surface area contributed by atoms with Crippen LogP contribution in [0.15, 0.2) is 37.8 Å². The number of nitrogens with zero attached hydrogens (tertiary/aromatic N) is 2. The smallest absolute Gasteiger partial charge is 0.331 e. The number of methoxy groups -OCH3 is 1. The van der Waals surface area contributed by atoms with Crippen molar-refractivity contribution in [2.24, 2.45) is 10.2 Å². The maximum absolute atomic E-state index is 11.6. The van der Waals surface area contributed by atoms with Gasteiger partial charge in [-0.05, 0) is 33.8 Å². The number of carbonyl (C=O) groups excluding carboxylic acids is 2. The molecule has 1 amide bonds. The summed E-state index contributed by atoms with van der Waals surface area (Å²) in [6.07, 6.45) is 2.49. The van der Waals surface area contributed by atoms with E-state index in [0.717, 1.165) is 17.8 Å². The van der Waals surface area contributed by atoms with Crippen molar-refractivity contribution in [2.75, 3.05) is 7.11 Å². The number of carbonyl (C=O) groups is 2. The lowest BCUT2D eigenvalue weighted by Crippen LogP contribution is -2.19. The first-order valence-electron chi connectivity index (χ1n) is 5.95. The molecular weight excluding hydrogens is 429 g/mol. The summed E-state index contributed by atoms with van der Waals surface area (Å²) in [5.41, 5.74) is 0.573. The van der Waals surface area contributed by atoms with E-state index in [1.807, 2.05) is 0 Å². The van der Waals surface area contributed by atoms with Crippen molar-refractivity contribution in [3.05, 3.63) is 43.2 Å². The van der Waals surface area contributed by atoms with Crippen molar-refractivity contribution in [1.82, 2.24) is 5.32 Å². The fourth-order valence-electron chi connectivity index (χ4n) is 1.43. The van der Waals surface area contributed by atoms with Crippen molar-refractivity contribution in [3.63, 3.8) is 0 Å². The van der Waals surface area contributed by atoms with Crippen LogP contribution >= 0.6 is 50.9 Å². The van der Waals surface area contributed by atoms with Crippen LogP contribution in [-0.4, -0.2) is 30.4 Å². The number of hydrogen-bond donors (Lipinski definition) is 1. The van der Waals surface area contributed by atoms with E-state index in [2.05, 4.69) is 36.2 Å². The molecule has 1 aliphatic heterocycles. The van der Waals surface area contributed by atoms with Gasteiger partial charge in [0.2, 0.25) is 0 Å². The summed E-state index contributed by atoms with van der Waals surface area (Å²) in [7, 11) is 1.23. The largest absolute Gasteiger partial charge is 0.466 e. The maximum atomic E-state index is 11.6. The minimum absolute atomic E-state index is 0.176. The Morgan fingerprint density at radius 3 is 2.83 bits per heavy atom. The normalized spacial score (nSPS) is 18.0. The molecule has 0 atom stereocenters. The number of amides is 1. The summed E-state index contributed by atoms with van der Waals surface area (Å²) >= 11 is 16.3. The third-order valence-electron chi connectivity index (χ3n) is 2.51. The molecular formula is C13H8BrCl2N3O3S. The minimum atomic E-state index is -0.622. The molecule has 0 unspecified atom stereocenters. The van der Waals surface area contributed by atoms with E-state index < -0.39 is 11.9 Å². The molecule has 23 heavy (non-hydrogen) atoms. The van der Waals surface area contributed by atoms with Crippen LogP contribution in [0.1, 0.15) is 5.56 Å². The molecule has 0 saturated carbocycles. The van der Waals surface area contributed by atoms with Crippen LogP contribution in [0.2, 0.25) is 10.0 Å². The zero-order chi connectivity index (χ0) is 17.0. The number of nitrogens with one attached hydrogen (secondary N) is 1. The highest BCUT2D eigenvalue weighted by Crippen LogP contribution is 2.32. The van der Waals surface area contributed by atoms with Crippen LogP contribution in [-0.2, 0) is 14.3 Å². The lowest BCUT2D eigenvalue weighted by atomic mass is 10.2. The molecule has 1 N–H and O–H groups in total. The molecule has 6 nitrogen and oxygen atoms in total. The Morgan fingerprint density at radius 2 is 2.13 bits per heavy atom. The molecule has 120 valence electrons. The second-order valence-corrected chi connectivity index (χ2v) is 6.64. The van der Waals surface area contributed by atoms with E-state index in [9.17, 15) is 9.59 Å². The standard InChI is InChI=1S/C13H8BrCl2N3O3S/c1-22-9(20)4-8-12(21)18-13(23-8)19-17-5-6-2-3-7(14)11(16)10(6)15/h2-5H,1H3,(H,18,19,21)/b8-4+,17-5?. The number of thioether (sulfide) groups is 1. The first-order chi connectivity index (χ1) is 10.9. The number of hydrogen-bond acceptors (Lipinski definition) is 6. The number of rotatable bonds is 3.